The Hall–Kier alpha value is 0.250. The molecule has 1 aliphatic carbocycles. The van der Waals surface area contributed by atoms with Crippen molar-refractivity contribution in [3.8, 4) is 0 Å². The minimum absolute atomic E-state index is 0.0141. The molecule has 0 aliphatic heterocycles. The van der Waals surface area contributed by atoms with E-state index in [9.17, 15) is 0 Å². The van der Waals surface area contributed by atoms with Crippen LogP contribution in [0.1, 0.15) is 32.1 Å². The highest BCUT2D eigenvalue weighted by Crippen LogP contribution is 2.26. The second kappa shape index (κ2) is 2.89. The van der Waals surface area contributed by atoms with E-state index in [1.165, 1.54) is 19.3 Å². The Kier molecular flexibility index (Phi) is 2.36. The second-order valence-corrected chi connectivity index (χ2v) is 3.32. The molecule has 2 heteroatoms. The predicted molar refractivity (Wildman–Crippen MR) is 40.7 cm³/mol. The van der Waals surface area contributed by atoms with E-state index in [2.05, 4.69) is 0 Å². The number of halogens is 1. The molecule has 0 aromatic carbocycles. The molecule has 0 aromatic rings. The molecule has 54 valence electrons. The number of alkyl halides is 1. The third-order valence-corrected chi connectivity index (χ3v) is 2.65. The maximum atomic E-state index is 5.93. The van der Waals surface area contributed by atoms with Crippen molar-refractivity contribution in [2.45, 2.75) is 37.6 Å². The van der Waals surface area contributed by atoms with Crippen LogP contribution in [0.15, 0.2) is 0 Å². The molecule has 1 rings (SSSR count). The van der Waals surface area contributed by atoms with Crippen LogP contribution in [-0.4, -0.2) is 11.4 Å². The summed E-state index contributed by atoms with van der Waals surface area (Å²) < 4.78 is 0. The summed E-state index contributed by atoms with van der Waals surface area (Å²) in [5.74, 6) is 0.632. The Labute approximate surface area is 61.6 Å². The largest absolute Gasteiger partial charge is 0.324 e. The van der Waals surface area contributed by atoms with Crippen LogP contribution in [0.5, 0.6) is 0 Å². The van der Waals surface area contributed by atoms with Crippen molar-refractivity contribution in [2.24, 2.45) is 5.73 Å². The van der Waals surface area contributed by atoms with Gasteiger partial charge in [0.25, 0.3) is 0 Å². The fraction of sp³-hybridized carbons (Fsp3) is 1.00. The molecule has 0 aromatic heterocycles. The first-order valence-corrected chi connectivity index (χ1v) is 4.15. The van der Waals surface area contributed by atoms with E-state index < -0.39 is 0 Å². The highest BCUT2D eigenvalue weighted by atomic mass is 35.5. The van der Waals surface area contributed by atoms with Crippen molar-refractivity contribution in [3.63, 3.8) is 0 Å². The summed E-state index contributed by atoms with van der Waals surface area (Å²) in [7, 11) is 0. The van der Waals surface area contributed by atoms with Crippen LogP contribution in [0.4, 0.5) is 0 Å². The Bertz CT molecular complexity index is 86.9. The summed E-state index contributed by atoms with van der Waals surface area (Å²) >= 11 is 5.70. The molecule has 0 spiro atoms. The van der Waals surface area contributed by atoms with E-state index in [1.807, 2.05) is 0 Å². The maximum absolute atomic E-state index is 5.93. The van der Waals surface area contributed by atoms with Crippen LogP contribution in [0, 0.1) is 0 Å². The van der Waals surface area contributed by atoms with Crippen molar-refractivity contribution in [1.29, 1.82) is 0 Å². The first kappa shape index (κ1) is 7.36. The monoisotopic (exact) mass is 147 g/mol. The van der Waals surface area contributed by atoms with Gasteiger partial charge in [-0.15, -0.1) is 11.6 Å². The van der Waals surface area contributed by atoms with E-state index in [0.29, 0.717) is 5.88 Å². The number of rotatable bonds is 1. The Morgan fingerprint density at radius 1 is 1.22 bits per heavy atom. The van der Waals surface area contributed by atoms with E-state index in [0.717, 1.165) is 12.8 Å². The molecule has 0 atom stereocenters. The standard InChI is InChI=1S/C7H14ClN/c8-6-7(9)4-2-1-3-5-7/h1-6,9H2. The zero-order chi connectivity index (χ0) is 6.74. The van der Waals surface area contributed by atoms with Gasteiger partial charge >= 0.3 is 0 Å². The number of hydrogen-bond donors (Lipinski definition) is 1. The Balaban J connectivity index is 2.37. The third kappa shape index (κ3) is 1.84. The molecule has 9 heavy (non-hydrogen) atoms. The summed E-state index contributed by atoms with van der Waals surface area (Å²) in [4.78, 5) is 0. The maximum Gasteiger partial charge on any atom is 0.0403 e. The van der Waals surface area contributed by atoms with Gasteiger partial charge < -0.3 is 5.73 Å². The quantitative estimate of drug-likeness (QED) is 0.564. The van der Waals surface area contributed by atoms with Crippen molar-refractivity contribution < 1.29 is 0 Å². The van der Waals surface area contributed by atoms with Gasteiger partial charge in [-0.25, -0.2) is 0 Å². The molecule has 2 N–H and O–H groups in total. The smallest absolute Gasteiger partial charge is 0.0403 e. The minimum Gasteiger partial charge on any atom is -0.324 e. The van der Waals surface area contributed by atoms with E-state index in [4.69, 9.17) is 17.3 Å². The topological polar surface area (TPSA) is 26.0 Å². The number of hydrogen-bond acceptors (Lipinski definition) is 1. The van der Waals surface area contributed by atoms with Gasteiger partial charge in [-0.2, -0.15) is 0 Å². The first-order chi connectivity index (χ1) is 4.27. The van der Waals surface area contributed by atoms with Gasteiger partial charge in [0, 0.05) is 11.4 Å². The molecule has 0 radical (unpaired) electrons. The van der Waals surface area contributed by atoms with Gasteiger partial charge in [-0.3, -0.25) is 0 Å². The molecule has 0 amide bonds. The summed E-state index contributed by atoms with van der Waals surface area (Å²) in [5.41, 5.74) is 5.91. The van der Waals surface area contributed by atoms with Crippen LogP contribution in [-0.2, 0) is 0 Å². The van der Waals surface area contributed by atoms with Crippen molar-refractivity contribution >= 4 is 11.6 Å². The fourth-order valence-electron chi connectivity index (χ4n) is 1.39. The molecule has 0 unspecified atom stereocenters. The summed E-state index contributed by atoms with van der Waals surface area (Å²) in [6.45, 7) is 0. The van der Waals surface area contributed by atoms with Gasteiger partial charge in [-0.1, -0.05) is 19.3 Å². The second-order valence-electron chi connectivity index (χ2n) is 3.06. The van der Waals surface area contributed by atoms with E-state index >= 15 is 0 Å². The lowest BCUT2D eigenvalue weighted by Crippen LogP contribution is -2.43. The highest BCUT2D eigenvalue weighted by molar-refractivity contribution is 6.18. The average Bonchev–Trinajstić information content (AvgIpc) is 1.90. The van der Waals surface area contributed by atoms with Crippen LogP contribution >= 0.6 is 11.6 Å². The highest BCUT2D eigenvalue weighted by Gasteiger charge is 2.25. The number of nitrogens with two attached hydrogens (primary N) is 1. The van der Waals surface area contributed by atoms with Crippen LogP contribution in [0.2, 0.25) is 0 Å². The van der Waals surface area contributed by atoms with Crippen molar-refractivity contribution in [1.82, 2.24) is 0 Å². The molecule has 1 fully saturated rings. The van der Waals surface area contributed by atoms with Gasteiger partial charge in [0.05, 0.1) is 0 Å². The molecular weight excluding hydrogens is 134 g/mol. The first-order valence-electron chi connectivity index (χ1n) is 3.62. The van der Waals surface area contributed by atoms with E-state index in [1.54, 1.807) is 0 Å². The van der Waals surface area contributed by atoms with Crippen LogP contribution < -0.4 is 5.73 Å². The SMILES string of the molecule is NC1(CCl)CCCCC1. The molecular formula is C7H14ClN. The Morgan fingerprint density at radius 3 is 2.11 bits per heavy atom. The van der Waals surface area contributed by atoms with Crippen molar-refractivity contribution in [3.05, 3.63) is 0 Å². The molecule has 1 aliphatic rings. The van der Waals surface area contributed by atoms with E-state index in [-0.39, 0.29) is 5.54 Å². The van der Waals surface area contributed by atoms with Gasteiger partial charge in [0.15, 0.2) is 0 Å². The summed E-state index contributed by atoms with van der Waals surface area (Å²) in [5, 5.41) is 0. The van der Waals surface area contributed by atoms with Crippen molar-refractivity contribution in [2.75, 3.05) is 5.88 Å². The Morgan fingerprint density at radius 2 is 1.78 bits per heavy atom. The zero-order valence-electron chi connectivity index (χ0n) is 5.70. The summed E-state index contributed by atoms with van der Waals surface area (Å²) in [6.07, 6.45) is 6.12. The molecule has 0 bridgehead atoms. The molecule has 1 saturated carbocycles. The van der Waals surface area contributed by atoms with Gasteiger partial charge in [-0.05, 0) is 12.8 Å². The molecule has 0 heterocycles. The van der Waals surface area contributed by atoms with Gasteiger partial charge in [0.1, 0.15) is 0 Å². The lowest BCUT2D eigenvalue weighted by molar-refractivity contribution is 0.326. The third-order valence-electron chi connectivity index (χ3n) is 2.12. The average molecular weight is 148 g/mol. The van der Waals surface area contributed by atoms with Crippen LogP contribution in [0.25, 0.3) is 0 Å². The van der Waals surface area contributed by atoms with Crippen LogP contribution in [0.3, 0.4) is 0 Å². The lowest BCUT2D eigenvalue weighted by Gasteiger charge is -2.30. The zero-order valence-corrected chi connectivity index (χ0v) is 6.45. The lowest BCUT2D eigenvalue weighted by atomic mass is 9.84. The van der Waals surface area contributed by atoms with Gasteiger partial charge in [0.2, 0.25) is 0 Å². The summed E-state index contributed by atoms with van der Waals surface area (Å²) in [6, 6.07) is 0. The fourth-order valence-corrected chi connectivity index (χ4v) is 1.66. The predicted octanol–water partition coefficient (Wildman–Crippen LogP) is 1.89. The molecule has 0 saturated heterocycles. The normalized spacial score (nSPS) is 26.0. The minimum atomic E-state index is -0.0141. The molecule has 1 nitrogen and oxygen atoms in total.